The molecule has 0 amide bonds. The van der Waals surface area contributed by atoms with E-state index in [1.165, 1.54) is 38.7 Å². The van der Waals surface area contributed by atoms with Gasteiger partial charge in [0.2, 0.25) is 0 Å². The van der Waals surface area contributed by atoms with Crippen LogP contribution < -0.4 is 9.80 Å². The molecule has 0 saturated carbocycles. The van der Waals surface area contributed by atoms with Gasteiger partial charge in [-0.05, 0) is 108 Å². The van der Waals surface area contributed by atoms with Crippen molar-refractivity contribution in [3.63, 3.8) is 0 Å². The molecule has 9 rings (SSSR count). The lowest BCUT2D eigenvalue weighted by molar-refractivity contribution is 1.06. The van der Waals surface area contributed by atoms with Crippen molar-refractivity contribution in [3.05, 3.63) is 224 Å². The normalized spacial score (nSPS) is 11.1. The minimum absolute atomic E-state index is 1.08. The number of rotatable bonds is 9. The van der Waals surface area contributed by atoms with Crippen molar-refractivity contribution in [3.8, 4) is 27.9 Å². The second-order valence-electron chi connectivity index (χ2n) is 13.5. The summed E-state index contributed by atoms with van der Waals surface area (Å²) in [7, 11) is 0. The predicted octanol–water partition coefficient (Wildman–Crippen LogP) is 14.2. The van der Waals surface area contributed by atoms with Crippen LogP contribution in [0.4, 0.5) is 34.3 Å². The van der Waals surface area contributed by atoms with Gasteiger partial charge in [0.25, 0.3) is 0 Å². The Morgan fingerprint density at radius 3 is 1.17 bits per heavy atom. The Hall–Kier alpha value is -7.10. The molecule has 0 saturated heterocycles. The molecular weight excluding hydrogens is 655 g/mol. The summed E-state index contributed by atoms with van der Waals surface area (Å²) in [6.07, 6.45) is 0. The van der Waals surface area contributed by atoms with Gasteiger partial charge in [-0.15, -0.1) is 0 Å². The Morgan fingerprint density at radius 1 is 0.315 bits per heavy atom. The Bertz CT molecular complexity index is 2530. The van der Waals surface area contributed by atoms with Gasteiger partial charge in [-0.2, -0.15) is 0 Å². The Morgan fingerprint density at radius 2 is 0.667 bits per heavy atom. The number of fused-ring (bicyclic) bond motifs is 1. The summed E-state index contributed by atoms with van der Waals surface area (Å²) < 4.78 is 2.39. The molecule has 0 unspecified atom stereocenters. The summed E-state index contributed by atoms with van der Waals surface area (Å²) >= 11 is 0. The van der Waals surface area contributed by atoms with Gasteiger partial charge in [-0.1, -0.05) is 140 Å². The molecule has 0 aliphatic heterocycles. The van der Waals surface area contributed by atoms with Crippen molar-refractivity contribution in [2.24, 2.45) is 0 Å². The molecule has 54 heavy (non-hydrogen) atoms. The number of benzene rings is 8. The van der Waals surface area contributed by atoms with Crippen LogP contribution in [-0.2, 0) is 0 Å². The van der Waals surface area contributed by atoms with Crippen LogP contribution in [0.1, 0.15) is 5.56 Å². The second kappa shape index (κ2) is 14.5. The average Bonchev–Trinajstić information content (AvgIpc) is 3.54. The SMILES string of the molecule is Cc1c(N(c2ccccc2)c2ccc(N(c3ccc(-c4ccccc4)cc3)c3ccc(-c4ccccc4)cc3)cc2)n(-c2ccccc2)c2ccccc12. The van der Waals surface area contributed by atoms with Crippen LogP contribution in [0.2, 0.25) is 0 Å². The lowest BCUT2D eigenvalue weighted by Crippen LogP contribution is -2.15. The molecule has 0 aliphatic carbocycles. The molecule has 3 heteroatoms. The molecule has 0 spiro atoms. The van der Waals surface area contributed by atoms with E-state index in [4.69, 9.17) is 0 Å². The maximum absolute atomic E-state index is 2.39. The first-order chi connectivity index (χ1) is 26.7. The molecule has 0 radical (unpaired) electrons. The summed E-state index contributed by atoms with van der Waals surface area (Å²) in [6, 6.07) is 77.9. The monoisotopic (exact) mass is 693 g/mol. The van der Waals surface area contributed by atoms with E-state index >= 15 is 0 Å². The zero-order chi connectivity index (χ0) is 36.3. The zero-order valence-electron chi connectivity index (χ0n) is 30.1. The van der Waals surface area contributed by atoms with Gasteiger partial charge in [0.1, 0.15) is 5.82 Å². The average molecular weight is 694 g/mol. The van der Waals surface area contributed by atoms with Crippen LogP contribution in [0.15, 0.2) is 218 Å². The third-order valence-corrected chi connectivity index (χ3v) is 10.2. The van der Waals surface area contributed by atoms with E-state index in [-0.39, 0.29) is 0 Å². The lowest BCUT2D eigenvalue weighted by Gasteiger charge is -2.29. The van der Waals surface area contributed by atoms with Crippen molar-refractivity contribution in [2.45, 2.75) is 6.92 Å². The quantitative estimate of drug-likeness (QED) is 0.149. The molecule has 0 atom stereocenters. The maximum atomic E-state index is 2.39. The molecule has 1 heterocycles. The van der Waals surface area contributed by atoms with E-state index in [1.807, 2.05) is 0 Å². The fourth-order valence-corrected chi connectivity index (χ4v) is 7.53. The van der Waals surface area contributed by atoms with Gasteiger partial charge in [0, 0.05) is 45.1 Å². The highest BCUT2D eigenvalue weighted by Gasteiger charge is 2.24. The molecule has 8 aromatic carbocycles. The van der Waals surface area contributed by atoms with Crippen LogP contribution in [0, 0.1) is 6.92 Å². The van der Waals surface area contributed by atoms with Crippen molar-refractivity contribution >= 4 is 45.2 Å². The Kier molecular flexibility index (Phi) is 8.80. The molecular formula is C51H39N3. The van der Waals surface area contributed by atoms with Gasteiger partial charge >= 0.3 is 0 Å². The first kappa shape index (κ1) is 32.8. The zero-order valence-corrected chi connectivity index (χ0v) is 30.1. The first-order valence-corrected chi connectivity index (χ1v) is 18.4. The van der Waals surface area contributed by atoms with E-state index < -0.39 is 0 Å². The van der Waals surface area contributed by atoms with Crippen LogP contribution in [0.5, 0.6) is 0 Å². The number of para-hydroxylation sites is 3. The van der Waals surface area contributed by atoms with Gasteiger partial charge in [0.15, 0.2) is 0 Å². The highest BCUT2D eigenvalue weighted by molar-refractivity contribution is 5.95. The Balaban J connectivity index is 1.17. The molecule has 0 N–H and O–H groups in total. The smallest absolute Gasteiger partial charge is 0.126 e. The third-order valence-electron chi connectivity index (χ3n) is 10.2. The van der Waals surface area contributed by atoms with Crippen molar-refractivity contribution in [2.75, 3.05) is 9.80 Å². The summed E-state index contributed by atoms with van der Waals surface area (Å²) in [5.41, 5.74) is 13.8. The van der Waals surface area contributed by atoms with Crippen molar-refractivity contribution in [1.82, 2.24) is 4.57 Å². The summed E-state index contributed by atoms with van der Waals surface area (Å²) in [5.74, 6) is 1.12. The van der Waals surface area contributed by atoms with E-state index in [2.05, 4.69) is 240 Å². The molecule has 1 aromatic heterocycles. The van der Waals surface area contributed by atoms with Crippen molar-refractivity contribution in [1.29, 1.82) is 0 Å². The fourth-order valence-electron chi connectivity index (χ4n) is 7.53. The van der Waals surface area contributed by atoms with Crippen LogP contribution in [0.3, 0.4) is 0 Å². The van der Waals surface area contributed by atoms with Gasteiger partial charge in [-0.3, -0.25) is 9.47 Å². The second-order valence-corrected chi connectivity index (χ2v) is 13.5. The number of hydrogen-bond acceptors (Lipinski definition) is 2. The molecule has 0 aliphatic rings. The number of aryl methyl sites for hydroxylation is 1. The highest BCUT2D eigenvalue weighted by Crippen LogP contribution is 2.44. The third kappa shape index (κ3) is 6.23. The molecule has 0 fully saturated rings. The van der Waals surface area contributed by atoms with E-state index in [0.717, 1.165) is 39.9 Å². The minimum atomic E-state index is 1.08. The van der Waals surface area contributed by atoms with Crippen molar-refractivity contribution < 1.29 is 0 Å². The van der Waals surface area contributed by atoms with E-state index in [0.29, 0.717) is 0 Å². The van der Waals surface area contributed by atoms with Gasteiger partial charge in [0.05, 0.1) is 5.52 Å². The fraction of sp³-hybridized carbons (Fsp3) is 0.0196. The predicted molar refractivity (Wildman–Crippen MR) is 228 cm³/mol. The van der Waals surface area contributed by atoms with Gasteiger partial charge < -0.3 is 4.90 Å². The highest BCUT2D eigenvalue weighted by atomic mass is 15.3. The minimum Gasteiger partial charge on any atom is -0.311 e. The summed E-state index contributed by atoms with van der Waals surface area (Å²) in [4.78, 5) is 4.73. The Labute approximate surface area is 317 Å². The summed E-state index contributed by atoms with van der Waals surface area (Å²) in [5, 5.41) is 1.23. The molecule has 258 valence electrons. The van der Waals surface area contributed by atoms with Gasteiger partial charge in [-0.25, -0.2) is 0 Å². The molecule has 0 bridgehead atoms. The first-order valence-electron chi connectivity index (χ1n) is 18.4. The standard InChI is InChI=1S/C51H39N3/c1-38-49-24-14-15-25-50(49)54(44-22-12-5-13-23-44)51(38)53(43-20-10-4-11-21-43)48-36-34-47(35-37-48)52(45-30-26-41(27-31-45)39-16-6-2-7-17-39)46-32-28-42(29-33-46)40-18-8-3-9-19-40/h2-37H,1H3. The van der Waals surface area contributed by atoms with Crippen LogP contribution in [-0.4, -0.2) is 4.57 Å². The number of nitrogens with zero attached hydrogens (tertiary/aromatic N) is 3. The van der Waals surface area contributed by atoms with Crippen LogP contribution >= 0.6 is 0 Å². The number of anilines is 6. The number of hydrogen-bond donors (Lipinski definition) is 0. The maximum Gasteiger partial charge on any atom is 0.126 e. The number of aromatic nitrogens is 1. The van der Waals surface area contributed by atoms with E-state index in [1.54, 1.807) is 0 Å². The van der Waals surface area contributed by atoms with Crippen LogP contribution in [0.25, 0.3) is 38.8 Å². The molecule has 9 aromatic rings. The topological polar surface area (TPSA) is 11.4 Å². The van der Waals surface area contributed by atoms with E-state index in [9.17, 15) is 0 Å². The summed E-state index contributed by atoms with van der Waals surface area (Å²) in [6.45, 7) is 2.24. The molecule has 3 nitrogen and oxygen atoms in total. The largest absolute Gasteiger partial charge is 0.311 e. The lowest BCUT2D eigenvalue weighted by atomic mass is 10.0.